The minimum atomic E-state index is -0.00370. The van der Waals surface area contributed by atoms with Crippen molar-refractivity contribution in [2.75, 3.05) is 7.11 Å². The van der Waals surface area contributed by atoms with E-state index in [1.54, 1.807) is 18.9 Å². The van der Waals surface area contributed by atoms with Crippen molar-refractivity contribution >= 4 is 11.8 Å². The minimum Gasteiger partial charge on any atom is -0.496 e. The monoisotopic (exact) mass is 235 g/mol. The van der Waals surface area contributed by atoms with Crippen LogP contribution in [0.2, 0.25) is 0 Å². The summed E-state index contributed by atoms with van der Waals surface area (Å²) in [6, 6.07) is 6.42. The fourth-order valence-electron chi connectivity index (χ4n) is 1.37. The van der Waals surface area contributed by atoms with Gasteiger partial charge < -0.3 is 4.74 Å². The zero-order chi connectivity index (χ0) is 12.1. The first-order valence-electron chi connectivity index (χ1n) is 5.33. The van der Waals surface area contributed by atoms with Crippen molar-refractivity contribution in [3.63, 3.8) is 0 Å². The Labute approximate surface area is 102 Å². The molecule has 1 rings (SSSR count). The second-order valence-electron chi connectivity index (χ2n) is 3.73. The first kappa shape index (κ1) is 12.9. The van der Waals surface area contributed by atoms with Crippen LogP contribution in [0.25, 0.3) is 0 Å². The number of thioether (sulfide) groups is 1. The standard InChI is InChI=1S/C13H17NOS/c1-5-11(8-14)16-13-7-10(3)9(2)6-12(13)15-4/h6-7,11H,5H2,1-4H3. The van der Waals surface area contributed by atoms with E-state index in [2.05, 4.69) is 26.0 Å². The van der Waals surface area contributed by atoms with Crippen molar-refractivity contribution in [2.45, 2.75) is 37.3 Å². The largest absolute Gasteiger partial charge is 0.496 e. The van der Waals surface area contributed by atoms with Crippen molar-refractivity contribution in [3.05, 3.63) is 23.3 Å². The number of aryl methyl sites for hydroxylation is 2. The maximum atomic E-state index is 8.96. The van der Waals surface area contributed by atoms with Crippen LogP contribution >= 0.6 is 11.8 Å². The first-order chi connectivity index (χ1) is 7.62. The smallest absolute Gasteiger partial charge is 0.132 e. The lowest BCUT2D eigenvalue weighted by molar-refractivity contribution is 0.404. The molecule has 0 aliphatic carbocycles. The average molecular weight is 235 g/mol. The van der Waals surface area contributed by atoms with Gasteiger partial charge in [-0.05, 0) is 43.5 Å². The molecule has 3 heteroatoms. The minimum absolute atomic E-state index is 0.00370. The van der Waals surface area contributed by atoms with Crippen molar-refractivity contribution < 1.29 is 4.74 Å². The average Bonchev–Trinajstić information content (AvgIpc) is 2.29. The first-order valence-corrected chi connectivity index (χ1v) is 6.21. The number of ether oxygens (including phenoxy) is 1. The Bertz CT molecular complexity index is 409. The number of nitrogens with zero attached hydrogens (tertiary/aromatic N) is 1. The molecular weight excluding hydrogens is 218 g/mol. The lowest BCUT2D eigenvalue weighted by atomic mass is 10.1. The Balaban J connectivity index is 3.03. The maximum Gasteiger partial charge on any atom is 0.132 e. The molecular formula is C13H17NOS. The Morgan fingerprint density at radius 3 is 2.50 bits per heavy atom. The maximum absolute atomic E-state index is 8.96. The number of hydrogen-bond donors (Lipinski definition) is 0. The molecule has 86 valence electrons. The zero-order valence-electron chi connectivity index (χ0n) is 10.2. The van der Waals surface area contributed by atoms with Gasteiger partial charge >= 0.3 is 0 Å². The van der Waals surface area contributed by atoms with E-state index in [9.17, 15) is 0 Å². The van der Waals surface area contributed by atoms with E-state index >= 15 is 0 Å². The fraction of sp³-hybridized carbons (Fsp3) is 0.462. The van der Waals surface area contributed by atoms with Crippen LogP contribution in [0.4, 0.5) is 0 Å². The molecule has 0 aromatic heterocycles. The zero-order valence-corrected chi connectivity index (χ0v) is 11.0. The second kappa shape index (κ2) is 5.81. The third-order valence-electron chi connectivity index (χ3n) is 2.56. The van der Waals surface area contributed by atoms with Gasteiger partial charge in [0.2, 0.25) is 0 Å². The SMILES string of the molecule is CCC(C#N)Sc1cc(C)c(C)cc1OC. The van der Waals surface area contributed by atoms with Gasteiger partial charge in [-0.25, -0.2) is 0 Å². The summed E-state index contributed by atoms with van der Waals surface area (Å²) in [6.45, 7) is 6.16. The highest BCUT2D eigenvalue weighted by Gasteiger charge is 2.12. The molecule has 0 saturated heterocycles. The molecule has 1 aromatic carbocycles. The lowest BCUT2D eigenvalue weighted by Gasteiger charge is -2.13. The summed E-state index contributed by atoms with van der Waals surface area (Å²) >= 11 is 1.58. The van der Waals surface area contributed by atoms with Crippen molar-refractivity contribution in [1.29, 1.82) is 5.26 Å². The molecule has 1 aromatic rings. The van der Waals surface area contributed by atoms with Gasteiger partial charge in [-0.1, -0.05) is 6.92 Å². The van der Waals surface area contributed by atoms with Gasteiger partial charge in [0, 0.05) is 0 Å². The summed E-state index contributed by atoms with van der Waals surface area (Å²) in [5.41, 5.74) is 2.45. The molecule has 1 atom stereocenters. The molecule has 0 saturated carbocycles. The third kappa shape index (κ3) is 2.93. The number of methoxy groups -OCH3 is 1. The van der Waals surface area contributed by atoms with Crippen molar-refractivity contribution in [1.82, 2.24) is 0 Å². The van der Waals surface area contributed by atoms with E-state index in [-0.39, 0.29) is 5.25 Å². The van der Waals surface area contributed by atoms with Crippen LogP contribution in [-0.4, -0.2) is 12.4 Å². The summed E-state index contributed by atoms with van der Waals surface area (Å²) in [4.78, 5) is 1.05. The predicted octanol–water partition coefficient (Wildman–Crippen LogP) is 3.71. The molecule has 0 N–H and O–H groups in total. The Morgan fingerprint density at radius 2 is 2.00 bits per heavy atom. The summed E-state index contributed by atoms with van der Waals surface area (Å²) in [6.07, 6.45) is 0.844. The second-order valence-corrected chi connectivity index (χ2v) is 4.98. The van der Waals surface area contributed by atoms with Crippen LogP contribution < -0.4 is 4.74 Å². The Hall–Kier alpha value is -1.14. The van der Waals surface area contributed by atoms with E-state index in [0.29, 0.717) is 0 Å². The summed E-state index contributed by atoms with van der Waals surface area (Å²) in [5, 5.41) is 8.96. The molecule has 0 bridgehead atoms. The van der Waals surface area contributed by atoms with Gasteiger partial charge in [-0.2, -0.15) is 5.26 Å². The predicted molar refractivity (Wildman–Crippen MR) is 68.0 cm³/mol. The lowest BCUT2D eigenvalue weighted by Crippen LogP contribution is -1.98. The number of rotatable bonds is 4. The van der Waals surface area contributed by atoms with E-state index in [4.69, 9.17) is 10.00 Å². The van der Waals surface area contributed by atoms with Crippen LogP contribution in [0.1, 0.15) is 24.5 Å². The molecule has 0 aliphatic rings. The highest BCUT2D eigenvalue weighted by atomic mass is 32.2. The van der Waals surface area contributed by atoms with Crippen molar-refractivity contribution in [2.24, 2.45) is 0 Å². The molecule has 2 nitrogen and oxygen atoms in total. The van der Waals surface area contributed by atoms with Gasteiger partial charge in [0.05, 0.1) is 23.3 Å². The summed E-state index contributed by atoms with van der Waals surface area (Å²) in [7, 11) is 1.67. The van der Waals surface area contributed by atoms with E-state index in [1.807, 2.05) is 13.0 Å². The summed E-state index contributed by atoms with van der Waals surface area (Å²) in [5.74, 6) is 0.863. The van der Waals surface area contributed by atoms with Crippen LogP contribution in [0.3, 0.4) is 0 Å². The van der Waals surface area contributed by atoms with E-state index in [0.717, 1.165) is 17.1 Å². The molecule has 1 unspecified atom stereocenters. The Kier molecular flexibility index (Phi) is 4.70. The van der Waals surface area contributed by atoms with Crippen LogP contribution in [0.5, 0.6) is 5.75 Å². The van der Waals surface area contributed by atoms with E-state index < -0.39 is 0 Å². The molecule has 0 fully saturated rings. The highest BCUT2D eigenvalue weighted by Crippen LogP contribution is 2.35. The van der Waals surface area contributed by atoms with E-state index in [1.165, 1.54) is 11.1 Å². The van der Waals surface area contributed by atoms with Crippen molar-refractivity contribution in [3.8, 4) is 11.8 Å². The summed E-state index contributed by atoms with van der Waals surface area (Å²) < 4.78 is 5.34. The molecule has 0 aliphatic heterocycles. The molecule has 0 amide bonds. The van der Waals surface area contributed by atoms with Gasteiger partial charge in [-0.3, -0.25) is 0 Å². The highest BCUT2D eigenvalue weighted by molar-refractivity contribution is 8.00. The number of hydrogen-bond acceptors (Lipinski definition) is 3. The van der Waals surface area contributed by atoms with Crippen LogP contribution in [0.15, 0.2) is 17.0 Å². The van der Waals surface area contributed by atoms with Crippen LogP contribution in [0, 0.1) is 25.2 Å². The molecule has 0 heterocycles. The van der Waals surface area contributed by atoms with Gasteiger partial charge in [-0.15, -0.1) is 11.8 Å². The quantitative estimate of drug-likeness (QED) is 0.746. The Morgan fingerprint density at radius 1 is 1.38 bits per heavy atom. The topological polar surface area (TPSA) is 33.0 Å². The normalized spacial score (nSPS) is 11.9. The van der Waals surface area contributed by atoms with Crippen LogP contribution in [-0.2, 0) is 0 Å². The fourth-order valence-corrected chi connectivity index (χ4v) is 2.40. The number of nitriles is 1. The van der Waals surface area contributed by atoms with Gasteiger partial charge in [0.15, 0.2) is 0 Å². The van der Waals surface area contributed by atoms with Gasteiger partial charge in [0.25, 0.3) is 0 Å². The number of benzene rings is 1. The molecule has 16 heavy (non-hydrogen) atoms. The molecule has 0 spiro atoms. The third-order valence-corrected chi connectivity index (χ3v) is 3.86. The molecule has 0 radical (unpaired) electrons. The van der Waals surface area contributed by atoms with Gasteiger partial charge in [0.1, 0.15) is 5.75 Å².